The average molecular weight is 195 g/mol. The maximum Gasteiger partial charge on any atom is 0.245 e. The van der Waals surface area contributed by atoms with Gasteiger partial charge in [0.1, 0.15) is 0 Å². The molecule has 1 nitrogen and oxygen atoms in total. The first-order valence-electron chi connectivity index (χ1n) is 4.19. The zero-order valence-electron chi connectivity index (χ0n) is 7.46. The van der Waals surface area contributed by atoms with Gasteiger partial charge in [-0.2, -0.15) is 0 Å². The van der Waals surface area contributed by atoms with Crippen LogP contribution < -0.4 is 0 Å². The number of carbonyl (C=O) groups is 1. The Morgan fingerprint density at radius 3 is 2.46 bits per heavy atom. The second kappa shape index (κ2) is 4.83. The van der Waals surface area contributed by atoms with Crippen LogP contribution in [-0.2, 0) is 4.79 Å². The number of benzene rings is 1. The third-order valence-electron chi connectivity index (χ3n) is 1.81. The summed E-state index contributed by atoms with van der Waals surface area (Å²) in [6.45, 7) is 2.00. The lowest BCUT2D eigenvalue weighted by atomic mass is 10.0. The summed E-state index contributed by atoms with van der Waals surface area (Å²) in [6, 6.07) is 9.76. The summed E-state index contributed by atoms with van der Waals surface area (Å²) < 4.78 is 0. The highest BCUT2D eigenvalue weighted by Gasteiger charge is 1.99. The van der Waals surface area contributed by atoms with Gasteiger partial charge in [0, 0.05) is 6.08 Å². The molecule has 0 heterocycles. The zero-order valence-corrected chi connectivity index (χ0v) is 8.21. The first-order chi connectivity index (χ1) is 6.24. The summed E-state index contributed by atoms with van der Waals surface area (Å²) in [5.74, 6) is 0. The molecule has 0 aromatic heterocycles. The fraction of sp³-hybridized carbons (Fsp3) is 0.182. The van der Waals surface area contributed by atoms with E-state index in [2.05, 4.69) is 0 Å². The van der Waals surface area contributed by atoms with Gasteiger partial charge in [0.15, 0.2) is 0 Å². The van der Waals surface area contributed by atoms with E-state index in [1.807, 2.05) is 37.3 Å². The van der Waals surface area contributed by atoms with Gasteiger partial charge in [0.25, 0.3) is 0 Å². The summed E-state index contributed by atoms with van der Waals surface area (Å²) in [5.41, 5.74) is 2.03. The van der Waals surface area contributed by atoms with Gasteiger partial charge >= 0.3 is 0 Å². The Morgan fingerprint density at radius 1 is 1.38 bits per heavy atom. The van der Waals surface area contributed by atoms with Crippen molar-refractivity contribution in [3.63, 3.8) is 0 Å². The molecule has 0 amide bonds. The van der Waals surface area contributed by atoms with Crippen molar-refractivity contribution in [1.29, 1.82) is 0 Å². The Labute approximate surface area is 83.0 Å². The van der Waals surface area contributed by atoms with Crippen molar-refractivity contribution in [1.82, 2.24) is 0 Å². The molecule has 0 unspecified atom stereocenters. The van der Waals surface area contributed by atoms with Crippen LogP contribution in [0, 0.1) is 0 Å². The topological polar surface area (TPSA) is 17.1 Å². The summed E-state index contributed by atoms with van der Waals surface area (Å²) in [6.07, 6.45) is 2.28. The highest BCUT2D eigenvalue weighted by Crippen LogP contribution is 2.17. The largest absolute Gasteiger partial charge is 0.276 e. The predicted molar refractivity (Wildman–Crippen MR) is 55.6 cm³/mol. The molecule has 1 aromatic carbocycles. The minimum Gasteiger partial charge on any atom is -0.276 e. The van der Waals surface area contributed by atoms with E-state index >= 15 is 0 Å². The van der Waals surface area contributed by atoms with Crippen LogP contribution in [-0.4, -0.2) is 5.24 Å². The lowest BCUT2D eigenvalue weighted by Crippen LogP contribution is -1.86. The first-order valence-corrected chi connectivity index (χ1v) is 4.57. The molecule has 2 heteroatoms. The van der Waals surface area contributed by atoms with Gasteiger partial charge < -0.3 is 0 Å². The van der Waals surface area contributed by atoms with E-state index in [4.69, 9.17) is 11.6 Å². The van der Waals surface area contributed by atoms with Crippen LogP contribution in [0.3, 0.4) is 0 Å². The minimum atomic E-state index is -0.416. The SMILES string of the molecule is CCC(=CC(=O)Cl)c1ccccc1. The van der Waals surface area contributed by atoms with E-state index < -0.39 is 5.24 Å². The normalized spacial score (nSPS) is 11.4. The van der Waals surface area contributed by atoms with Crippen LogP contribution in [0.4, 0.5) is 0 Å². The van der Waals surface area contributed by atoms with Crippen LogP contribution in [0.15, 0.2) is 36.4 Å². The highest BCUT2D eigenvalue weighted by molar-refractivity contribution is 6.67. The van der Waals surface area contributed by atoms with Crippen molar-refractivity contribution in [3.8, 4) is 0 Å². The van der Waals surface area contributed by atoms with Crippen LogP contribution >= 0.6 is 11.6 Å². The molecule has 1 rings (SSSR count). The van der Waals surface area contributed by atoms with Crippen molar-refractivity contribution in [2.24, 2.45) is 0 Å². The highest BCUT2D eigenvalue weighted by atomic mass is 35.5. The number of allylic oxidation sites excluding steroid dienone is 2. The van der Waals surface area contributed by atoms with E-state index in [-0.39, 0.29) is 0 Å². The Hall–Kier alpha value is -1.08. The molecule has 0 bridgehead atoms. The minimum absolute atomic E-state index is 0.416. The summed E-state index contributed by atoms with van der Waals surface area (Å²) in [7, 11) is 0. The van der Waals surface area contributed by atoms with Gasteiger partial charge in [0.2, 0.25) is 5.24 Å². The molecular weight excluding hydrogens is 184 g/mol. The van der Waals surface area contributed by atoms with Crippen LogP contribution in [0.1, 0.15) is 18.9 Å². The predicted octanol–water partition coefficient (Wildman–Crippen LogP) is 3.25. The Balaban J connectivity index is 2.98. The first kappa shape index (κ1) is 10.0. The molecule has 0 radical (unpaired) electrons. The summed E-state index contributed by atoms with van der Waals surface area (Å²) in [4.78, 5) is 10.7. The van der Waals surface area contributed by atoms with E-state index in [0.717, 1.165) is 17.6 Å². The molecule has 0 saturated heterocycles. The molecule has 13 heavy (non-hydrogen) atoms. The van der Waals surface area contributed by atoms with Crippen LogP contribution in [0.25, 0.3) is 5.57 Å². The van der Waals surface area contributed by atoms with Gasteiger partial charge in [-0.1, -0.05) is 37.3 Å². The molecule has 0 atom stereocenters. The fourth-order valence-electron chi connectivity index (χ4n) is 1.18. The van der Waals surface area contributed by atoms with Crippen LogP contribution in [0.5, 0.6) is 0 Å². The van der Waals surface area contributed by atoms with Crippen molar-refractivity contribution in [3.05, 3.63) is 42.0 Å². The van der Waals surface area contributed by atoms with Gasteiger partial charge in [-0.25, -0.2) is 0 Å². The van der Waals surface area contributed by atoms with E-state index in [1.54, 1.807) is 0 Å². The molecule has 0 aliphatic carbocycles. The zero-order chi connectivity index (χ0) is 9.68. The monoisotopic (exact) mass is 194 g/mol. The molecule has 0 aliphatic rings. The van der Waals surface area contributed by atoms with Crippen molar-refractivity contribution in [2.45, 2.75) is 13.3 Å². The quantitative estimate of drug-likeness (QED) is 0.533. The standard InChI is InChI=1S/C11H11ClO/c1-2-9(8-11(12)13)10-6-4-3-5-7-10/h3-8H,2H2,1H3. The Morgan fingerprint density at radius 2 is 2.00 bits per heavy atom. The second-order valence-corrected chi connectivity index (χ2v) is 3.07. The lowest BCUT2D eigenvalue weighted by molar-refractivity contribution is -0.107. The molecule has 68 valence electrons. The number of rotatable bonds is 3. The molecule has 1 aromatic rings. The second-order valence-electron chi connectivity index (χ2n) is 2.69. The Bertz CT molecular complexity index is 314. The third-order valence-corrected chi connectivity index (χ3v) is 1.92. The molecule has 0 N–H and O–H groups in total. The molecule has 0 spiro atoms. The maximum absolute atomic E-state index is 10.7. The average Bonchev–Trinajstić information content (AvgIpc) is 2.15. The van der Waals surface area contributed by atoms with E-state index in [9.17, 15) is 4.79 Å². The number of hydrogen-bond donors (Lipinski definition) is 0. The fourth-order valence-corrected chi connectivity index (χ4v) is 1.31. The van der Waals surface area contributed by atoms with Crippen molar-refractivity contribution >= 4 is 22.4 Å². The van der Waals surface area contributed by atoms with Crippen molar-refractivity contribution < 1.29 is 4.79 Å². The number of halogens is 1. The van der Waals surface area contributed by atoms with Gasteiger partial charge in [0.05, 0.1) is 0 Å². The maximum atomic E-state index is 10.7. The summed E-state index contributed by atoms with van der Waals surface area (Å²) >= 11 is 5.29. The number of carbonyl (C=O) groups excluding carboxylic acids is 1. The van der Waals surface area contributed by atoms with Gasteiger partial charge in [-0.15, -0.1) is 0 Å². The van der Waals surface area contributed by atoms with E-state index in [0.29, 0.717) is 0 Å². The molecule has 0 saturated carbocycles. The molecular formula is C11H11ClO. The van der Waals surface area contributed by atoms with E-state index in [1.165, 1.54) is 6.08 Å². The third kappa shape index (κ3) is 3.03. The smallest absolute Gasteiger partial charge is 0.245 e. The molecule has 0 fully saturated rings. The van der Waals surface area contributed by atoms with Crippen LogP contribution in [0.2, 0.25) is 0 Å². The summed E-state index contributed by atoms with van der Waals surface area (Å²) in [5, 5.41) is -0.416. The molecule has 0 aliphatic heterocycles. The lowest BCUT2D eigenvalue weighted by Gasteiger charge is -2.02. The van der Waals surface area contributed by atoms with Gasteiger partial charge in [-0.05, 0) is 29.2 Å². The van der Waals surface area contributed by atoms with Crippen molar-refractivity contribution in [2.75, 3.05) is 0 Å². The Kier molecular flexibility index (Phi) is 3.71. The van der Waals surface area contributed by atoms with Gasteiger partial charge in [-0.3, -0.25) is 4.79 Å². The number of hydrogen-bond acceptors (Lipinski definition) is 1.